The number of nitrogens with one attached hydrogen (secondary N) is 1. The molecule has 260 valence electrons. The molecule has 0 radical (unpaired) electrons. The lowest BCUT2D eigenvalue weighted by Crippen LogP contribution is -2.53. The number of ether oxygens (including phenoxy) is 2. The van der Waals surface area contributed by atoms with E-state index in [0.717, 1.165) is 19.4 Å². The van der Waals surface area contributed by atoms with E-state index in [0.29, 0.717) is 6.61 Å². The molecule has 0 saturated carbocycles. The van der Waals surface area contributed by atoms with Gasteiger partial charge in [0.2, 0.25) is 0 Å². The maximum atomic E-state index is 10.1. The highest BCUT2D eigenvalue weighted by atomic mass is 16.6. The number of aliphatic hydroxyl groups excluding tert-OH is 1. The SMILES string of the molecule is CCCCCCCCCCCCCCCCOC(CO)C(NC(C)(C)C)OCCCCCCCCCCCCCCCC. The van der Waals surface area contributed by atoms with E-state index in [9.17, 15) is 5.11 Å². The van der Waals surface area contributed by atoms with Crippen molar-refractivity contribution in [2.24, 2.45) is 0 Å². The lowest BCUT2D eigenvalue weighted by atomic mass is 10.0. The molecule has 0 fully saturated rings. The van der Waals surface area contributed by atoms with E-state index in [4.69, 9.17) is 9.47 Å². The first-order valence-electron chi connectivity index (χ1n) is 19.6. The lowest BCUT2D eigenvalue weighted by Gasteiger charge is -2.33. The molecule has 43 heavy (non-hydrogen) atoms. The Kier molecular flexibility index (Phi) is 33.1. The molecule has 0 saturated heterocycles. The lowest BCUT2D eigenvalue weighted by molar-refractivity contribution is -0.114. The standard InChI is InChI=1S/C39H81NO3/c1-6-8-10-12-14-16-18-20-22-24-26-28-30-32-34-42-37(36-41)38(40-39(3,4)5)43-35-33-31-29-27-25-23-21-19-17-15-13-11-9-7-2/h37-38,40-41H,6-36H2,1-5H3. The fraction of sp³-hybridized carbons (Fsp3) is 1.00. The maximum absolute atomic E-state index is 10.1. The maximum Gasteiger partial charge on any atom is 0.137 e. The van der Waals surface area contributed by atoms with Gasteiger partial charge >= 0.3 is 0 Å². The molecular formula is C39H81NO3. The molecule has 0 aliphatic rings. The third-order valence-electron chi connectivity index (χ3n) is 8.72. The van der Waals surface area contributed by atoms with Gasteiger partial charge in [-0.1, -0.05) is 181 Å². The van der Waals surface area contributed by atoms with Crippen LogP contribution in [0.1, 0.15) is 214 Å². The zero-order chi connectivity index (χ0) is 31.7. The molecule has 2 N–H and O–H groups in total. The van der Waals surface area contributed by atoms with Crippen LogP contribution in [0.4, 0.5) is 0 Å². The summed E-state index contributed by atoms with van der Waals surface area (Å²) in [4.78, 5) is 0. The van der Waals surface area contributed by atoms with Crippen molar-refractivity contribution in [1.29, 1.82) is 0 Å². The predicted molar refractivity (Wildman–Crippen MR) is 190 cm³/mol. The predicted octanol–water partition coefficient (Wildman–Crippen LogP) is 12.1. The van der Waals surface area contributed by atoms with Gasteiger partial charge < -0.3 is 14.6 Å². The van der Waals surface area contributed by atoms with Gasteiger partial charge in [-0.2, -0.15) is 0 Å². The van der Waals surface area contributed by atoms with Crippen LogP contribution in [-0.2, 0) is 9.47 Å². The quantitative estimate of drug-likeness (QED) is 0.0553. The molecule has 0 aromatic carbocycles. The number of unbranched alkanes of at least 4 members (excludes halogenated alkanes) is 26. The molecule has 0 heterocycles. The minimum Gasteiger partial charge on any atom is -0.394 e. The second-order valence-electron chi connectivity index (χ2n) is 14.5. The fourth-order valence-electron chi connectivity index (χ4n) is 5.94. The average molecular weight is 612 g/mol. The normalized spacial score (nSPS) is 13.5. The van der Waals surface area contributed by atoms with Crippen molar-refractivity contribution in [3.63, 3.8) is 0 Å². The third-order valence-corrected chi connectivity index (χ3v) is 8.72. The first-order valence-corrected chi connectivity index (χ1v) is 19.6. The second kappa shape index (κ2) is 33.2. The van der Waals surface area contributed by atoms with Crippen molar-refractivity contribution < 1.29 is 14.6 Å². The van der Waals surface area contributed by atoms with E-state index in [1.807, 2.05) is 0 Å². The van der Waals surface area contributed by atoms with Gasteiger partial charge in [-0.3, -0.25) is 5.32 Å². The van der Waals surface area contributed by atoms with Gasteiger partial charge in [-0.05, 0) is 33.6 Å². The Bertz CT molecular complexity index is 521. The van der Waals surface area contributed by atoms with Crippen LogP contribution in [0.15, 0.2) is 0 Å². The van der Waals surface area contributed by atoms with Crippen LogP contribution < -0.4 is 5.32 Å². The summed E-state index contributed by atoms with van der Waals surface area (Å²) in [6.07, 6.45) is 37.5. The van der Waals surface area contributed by atoms with Gasteiger partial charge in [0.25, 0.3) is 0 Å². The summed E-state index contributed by atoms with van der Waals surface area (Å²) >= 11 is 0. The Morgan fingerprint density at radius 1 is 0.442 bits per heavy atom. The zero-order valence-corrected chi connectivity index (χ0v) is 30.3. The van der Waals surface area contributed by atoms with E-state index in [1.54, 1.807) is 0 Å². The number of rotatable bonds is 35. The van der Waals surface area contributed by atoms with Crippen LogP contribution in [0.5, 0.6) is 0 Å². The van der Waals surface area contributed by atoms with Crippen molar-refractivity contribution in [1.82, 2.24) is 5.32 Å². The Balaban J connectivity index is 3.85. The van der Waals surface area contributed by atoms with Crippen LogP contribution in [0, 0.1) is 0 Å². The van der Waals surface area contributed by atoms with Gasteiger partial charge in [0, 0.05) is 18.8 Å². The summed E-state index contributed by atoms with van der Waals surface area (Å²) in [6.45, 7) is 12.5. The zero-order valence-electron chi connectivity index (χ0n) is 30.3. The van der Waals surface area contributed by atoms with Crippen LogP contribution >= 0.6 is 0 Å². The molecule has 2 atom stereocenters. The Morgan fingerprint density at radius 2 is 0.721 bits per heavy atom. The molecule has 0 rings (SSSR count). The largest absolute Gasteiger partial charge is 0.394 e. The van der Waals surface area contributed by atoms with Crippen molar-refractivity contribution in [2.45, 2.75) is 232 Å². The minimum atomic E-state index is -0.312. The fourth-order valence-corrected chi connectivity index (χ4v) is 5.94. The monoisotopic (exact) mass is 612 g/mol. The van der Waals surface area contributed by atoms with Crippen molar-refractivity contribution >= 4 is 0 Å². The third kappa shape index (κ3) is 33.0. The average Bonchev–Trinajstić information content (AvgIpc) is 2.98. The Labute approximate surface area is 271 Å². The molecule has 0 aromatic rings. The first kappa shape index (κ1) is 42.8. The Morgan fingerprint density at radius 3 is 1.00 bits per heavy atom. The van der Waals surface area contributed by atoms with Crippen molar-refractivity contribution in [2.75, 3.05) is 19.8 Å². The van der Waals surface area contributed by atoms with E-state index in [1.165, 1.54) is 167 Å². The summed E-state index contributed by atoms with van der Waals surface area (Å²) < 4.78 is 12.4. The summed E-state index contributed by atoms with van der Waals surface area (Å²) in [5.41, 5.74) is -0.0913. The van der Waals surface area contributed by atoms with E-state index in [-0.39, 0.29) is 24.5 Å². The smallest absolute Gasteiger partial charge is 0.137 e. The molecule has 0 aliphatic carbocycles. The van der Waals surface area contributed by atoms with Gasteiger partial charge in [0.1, 0.15) is 12.3 Å². The van der Waals surface area contributed by atoms with Crippen LogP contribution in [0.2, 0.25) is 0 Å². The molecule has 2 unspecified atom stereocenters. The van der Waals surface area contributed by atoms with Gasteiger partial charge in [-0.15, -0.1) is 0 Å². The summed E-state index contributed by atoms with van der Waals surface area (Å²) in [6, 6.07) is 0. The number of aliphatic hydroxyl groups is 1. The molecule has 0 bridgehead atoms. The van der Waals surface area contributed by atoms with Gasteiger partial charge in [-0.25, -0.2) is 0 Å². The number of hydrogen-bond donors (Lipinski definition) is 2. The molecule has 0 amide bonds. The molecule has 0 spiro atoms. The van der Waals surface area contributed by atoms with Crippen LogP contribution in [0.25, 0.3) is 0 Å². The first-order chi connectivity index (χ1) is 20.9. The Hall–Kier alpha value is -0.160. The molecule has 0 aliphatic heterocycles. The van der Waals surface area contributed by atoms with Crippen LogP contribution in [0.3, 0.4) is 0 Å². The highest BCUT2D eigenvalue weighted by Crippen LogP contribution is 2.16. The van der Waals surface area contributed by atoms with Crippen molar-refractivity contribution in [3.8, 4) is 0 Å². The van der Waals surface area contributed by atoms with Crippen molar-refractivity contribution in [3.05, 3.63) is 0 Å². The highest BCUT2D eigenvalue weighted by molar-refractivity contribution is 4.78. The minimum absolute atomic E-state index is 0.00884. The van der Waals surface area contributed by atoms with E-state index in [2.05, 4.69) is 39.9 Å². The summed E-state index contributed by atoms with van der Waals surface area (Å²) in [7, 11) is 0. The highest BCUT2D eigenvalue weighted by Gasteiger charge is 2.26. The van der Waals surface area contributed by atoms with Crippen LogP contribution in [-0.4, -0.2) is 42.8 Å². The summed E-state index contributed by atoms with van der Waals surface area (Å²) in [5, 5.41) is 13.6. The summed E-state index contributed by atoms with van der Waals surface area (Å²) in [5.74, 6) is 0. The van der Waals surface area contributed by atoms with E-state index >= 15 is 0 Å². The molecule has 4 nitrogen and oxygen atoms in total. The number of hydrogen-bond acceptors (Lipinski definition) is 4. The molecule has 4 heteroatoms. The van der Waals surface area contributed by atoms with Gasteiger partial charge in [0.05, 0.1) is 6.61 Å². The van der Waals surface area contributed by atoms with E-state index < -0.39 is 0 Å². The second-order valence-corrected chi connectivity index (χ2v) is 14.5. The topological polar surface area (TPSA) is 50.7 Å². The molecular weight excluding hydrogens is 530 g/mol. The molecule has 0 aromatic heterocycles. The van der Waals surface area contributed by atoms with Gasteiger partial charge in [0.15, 0.2) is 0 Å².